The van der Waals surface area contributed by atoms with Gasteiger partial charge in [0, 0.05) is 49.9 Å². The molecule has 2 heterocycles. The topological polar surface area (TPSA) is 116 Å². The normalized spacial score (nSPS) is 19.8. The second kappa shape index (κ2) is 10.3. The molecular formula is C19H26F4N4O6S2. The molecule has 0 amide bonds. The lowest BCUT2D eigenvalue weighted by Gasteiger charge is -2.44. The van der Waals surface area contributed by atoms with Gasteiger partial charge in [-0.3, -0.25) is 0 Å². The first kappa shape index (κ1) is 28.8. The second-order valence-electron chi connectivity index (χ2n) is 7.93. The molecule has 1 aromatic carbocycles. The SMILES string of the molecule is COc1cc(F)cc(N2[C@H](C)CN(S(=O)(=O)n3cc[n+](C)c3C)C[C@H]2C)c1.O=S(=O)([O-])C(F)(F)F. The monoisotopic (exact) mass is 546 g/mol. The van der Waals surface area contributed by atoms with Crippen LogP contribution in [0, 0.1) is 12.7 Å². The van der Waals surface area contributed by atoms with E-state index in [4.69, 9.17) is 17.7 Å². The Bertz CT molecular complexity index is 1250. The predicted octanol–water partition coefficient (Wildman–Crippen LogP) is 1.51. The summed E-state index contributed by atoms with van der Waals surface area (Å²) in [4.78, 5) is 2.04. The van der Waals surface area contributed by atoms with Crippen molar-refractivity contribution in [2.45, 2.75) is 38.4 Å². The van der Waals surface area contributed by atoms with Crippen molar-refractivity contribution in [1.82, 2.24) is 8.28 Å². The summed E-state index contributed by atoms with van der Waals surface area (Å²) in [6.45, 7) is 6.27. The van der Waals surface area contributed by atoms with Crippen LogP contribution in [0.4, 0.5) is 23.2 Å². The lowest BCUT2D eigenvalue weighted by atomic mass is 10.1. The standard InChI is InChI=1S/C18H26FN4O3S.CHF3O3S/c1-13-11-21(27(24,25)22-7-6-20(4)15(22)3)12-14(2)23(13)17-8-16(19)9-18(10-17)26-5;2-1(3,4)8(5,6)7/h6-10,13-14H,11-12H2,1-5H3;(H,5,6,7)/q+1;/p-1/t13-,14-;/m1./s1. The molecule has 198 valence electrons. The second-order valence-corrected chi connectivity index (χ2v) is 11.1. The lowest BCUT2D eigenvalue weighted by molar-refractivity contribution is -0.676. The highest BCUT2D eigenvalue weighted by molar-refractivity contribution is 7.87. The van der Waals surface area contributed by atoms with Crippen molar-refractivity contribution in [3.63, 3.8) is 0 Å². The number of rotatable bonds is 4. The van der Waals surface area contributed by atoms with Crippen LogP contribution in [0.25, 0.3) is 0 Å². The van der Waals surface area contributed by atoms with Crippen molar-refractivity contribution in [2.24, 2.45) is 7.05 Å². The molecule has 1 aliphatic rings. The van der Waals surface area contributed by atoms with Crippen molar-refractivity contribution in [2.75, 3.05) is 25.1 Å². The fraction of sp³-hybridized carbons (Fsp3) is 0.526. The Balaban J connectivity index is 0.000000466. The minimum atomic E-state index is -6.09. The number of hydrogen-bond acceptors (Lipinski definition) is 7. The number of imidazole rings is 1. The molecule has 35 heavy (non-hydrogen) atoms. The molecular weight excluding hydrogens is 520 g/mol. The summed E-state index contributed by atoms with van der Waals surface area (Å²) in [7, 11) is -6.45. The van der Waals surface area contributed by atoms with Gasteiger partial charge in [-0.15, -0.1) is 3.97 Å². The van der Waals surface area contributed by atoms with Gasteiger partial charge in [0.15, 0.2) is 10.1 Å². The van der Waals surface area contributed by atoms with Crippen molar-refractivity contribution >= 4 is 26.0 Å². The van der Waals surface area contributed by atoms with Crippen molar-refractivity contribution < 1.29 is 48.3 Å². The number of methoxy groups -OCH3 is 1. The van der Waals surface area contributed by atoms with Crippen molar-refractivity contribution in [3.05, 3.63) is 42.2 Å². The molecule has 1 aromatic heterocycles. The molecule has 0 radical (unpaired) electrons. The van der Waals surface area contributed by atoms with E-state index in [1.54, 1.807) is 30.0 Å². The predicted molar refractivity (Wildman–Crippen MR) is 116 cm³/mol. The van der Waals surface area contributed by atoms with E-state index in [1.807, 2.05) is 25.8 Å². The van der Waals surface area contributed by atoms with E-state index >= 15 is 0 Å². The van der Waals surface area contributed by atoms with E-state index in [0.29, 0.717) is 30.4 Å². The molecule has 0 unspecified atom stereocenters. The highest BCUT2D eigenvalue weighted by atomic mass is 32.2. The molecule has 0 spiro atoms. The van der Waals surface area contributed by atoms with Crippen LogP contribution in [0.1, 0.15) is 19.7 Å². The van der Waals surface area contributed by atoms with Gasteiger partial charge in [0.1, 0.15) is 24.0 Å². The first-order valence-electron chi connectivity index (χ1n) is 10.1. The van der Waals surface area contributed by atoms with Gasteiger partial charge in [0.05, 0.1) is 14.2 Å². The van der Waals surface area contributed by atoms with Gasteiger partial charge in [0.2, 0.25) is 0 Å². The van der Waals surface area contributed by atoms with Crippen LogP contribution in [0.3, 0.4) is 0 Å². The van der Waals surface area contributed by atoms with Crippen molar-refractivity contribution in [3.8, 4) is 5.75 Å². The smallest absolute Gasteiger partial charge is 0.485 e. The molecule has 16 heteroatoms. The maximum atomic E-state index is 13.9. The zero-order valence-electron chi connectivity index (χ0n) is 19.5. The molecule has 2 atom stereocenters. The Morgan fingerprint density at radius 3 is 2.00 bits per heavy atom. The molecule has 0 saturated carbocycles. The minimum absolute atomic E-state index is 0.125. The number of nitrogens with zero attached hydrogens (tertiary/aromatic N) is 4. The number of alkyl halides is 3. The molecule has 0 aliphatic carbocycles. The molecule has 1 saturated heterocycles. The van der Waals surface area contributed by atoms with Crippen molar-refractivity contribution in [1.29, 1.82) is 0 Å². The largest absolute Gasteiger partial charge is 0.741 e. The number of ether oxygens (including phenoxy) is 1. The third-order valence-electron chi connectivity index (χ3n) is 5.39. The summed E-state index contributed by atoms with van der Waals surface area (Å²) in [5.74, 6) is 0.691. The zero-order chi connectivity index (χ0) is 26.9. The molecule has 1 aliphatic heterocycles. The van der Waals surface area contributed by atoms with E-state index in [9.17, 15) is 26.0 Å². The van der Waals surface area contributed by atoms with Gasteiger partial charge in [-0.25, -0.2) is 17.4 Å². The molecule has 2 aromatic rings. The van der Waals surface area contributed by atoms with E-state index < -0.39 is 25.8 Å². The Labute approximate surface area is 201 Å². The highest BCUT2D eigenvalue weighted by Gasteiger charge is 2.40. The third kappa shape index (κ3) is 6.42. The van der Waals surface area contributed by atoms with Gasteiger partial charge >= 0.3 is 15.7 Å². The van der Waals surface area contributed by atoms with Gasteiger partial charge in [-0.1, -0.05) is 0 Å². The number of anilines is 1. The number of aromatic nitrogens is 2. The molecule has 0 bridgehead atoms. The number of piperazine rings is 1. The highest BCUT2D eigenvalue weighted by Crippen LogP contribution is 2.30. The molecule has 1 fully saturated rings. The van der Waals surface area contributed by atoms with Gasteiger partial charge in [-0.05, 0) is 19.9 Å². The maximum absolute atomic E-state index is 13.9. The van der Waals surface area contributed by atoms with Gasteiger partial charge < -0.3 is 14.2 Å². The van der Waals surface area contributed by atoms with Crippen LogP contribution in [0.5, 0.6) is 5.75 Å². The van der Waals surface area contributed by atoms with Gasteiger partial charge in [-0.2, -0.15) is 25.9 Å². The minimum Gasteiger partial charge on any atom is -0.741 e. The van der Waals surface area contributed by atoms with E-state index in [-0.39, 0.29) is 17.9 Å². The summed E-state index contributed by atoms with van der Waals surface area (Å²) < 4.78 is 109. The Morgan fingerprint density at radius 2 is 1.60 bits per heavy atom. The maximum Gasteiger partial charge on any atom is 0.485 e. The Kier molecular flexibility index (Phi) is 8.46. The summed E-state index contributed by atoms with van der Waals surface area (Å²) >= 11 is 0. The quantitative estimate of drug-likeness (QED) is 0.247. The first-order valence-corrected chi connectivity index (χ1v) is 12.9. The van der Waals surface area contributed by atoms with Gasteiger partial charge in [0.25, 0.3) is 5.82 Å². The number of aryl methyl sites for hydroxylation is 1. The van der Waals surface area contributed by atoms with Crippen LogP contribution < -0.4 is 14.2 Å². The zero-order valence-corrected chi connectivity index (χ0v) is 21.2. The summed E-state index contributed by atoms with van der Waals surface area (Å²) in [5, 5.41) is 0. The molecule has 3 rings (SSSR count). The van der Waals surface area contributed by atoms with E-state index in [2.05, 4.69) is 0 Å². The fourth-order valence-electron chi connectivity index (χ4n) is 3.69. The van der Waals surface area contributed by atoms with Crippen LogP contribution >= 0.6 is 0 Å². The fourth-order valence-corrected chi connectivity index (χ4v) is 5.41. The van der Waals surface area contributed by atoms with Crippen LogP contribution in [0.2, 0.25) is 0 Å². The Morgan fingerprint density at radius 1 is 1.09 bits per heavy atom. The summed E-state index contributed by atoms with van der Waals surface area (Å²) in [5.41, 5.74) is -4.96. The van der Waals surface area contributed by atoms with E-state index in [1.165, 1.54) is 27.5 Å². The lowest BCUT2D eigenvalue weighted by Crippen LogP contribution is -2.59. The van der Waals surface area contributed by atoms with Crippen LogP contribution in [-0.2, 0) is 27.4 Å². The average Bonchev–Trinajstić information content (AvgIpc) is 3.05. The summed E-state index contributed by atoms with van der Waals surface area (Å²) in [6.07, 6.45) is 3.28. The average molecular weight is 547 g/mol. The molecule has 10 nitrogen and oxygen atoms in total. The first-order chi connectivity index (χ1) is 15.9. The van der Waals surface area contributed by atoms with Crippen LogP contribution in [0.15, 0.2) is 30.6 Å². The Hall–Kier alpha value is -2.43. The number of benzene rings is 1. The number of hydrogen-bond donors (Lipinski definition) is 0. The third-order valence-corrected chi connectivity index (χ3v) is 7.79. The summed E-state index contributed by atoms with van der Waals surface area (Å²) in [6, 6.07) is 4.31. The number of halogens is 4. The molecule has 0 N–H and O–H groups in total. The van der Waals surface area contributed by atoms with Crippen LogP contribution in [-0.4, -0.2) is 67.5 Å². The van der Waals surface area contributed by atoms with E-state index in [0.717, 1.165) is 0 Å².